The number of ether oxygens (including phenoxy) is 1. The van der Waals surface area contributed by atoms with Crippen molar-refractivity contribution in [3.8, 4) is 0 Å². The number of nitrogens with zero attached hydrogens (tertiary/aromatic N) is 2. The standard InChI is InChI=1S/C11H17N3O3S/c1-8(16)12-11-13-9(7-18-11)4-14-2-3-17-10(5-14)6-15/h7,10,15H,2-6H2,1H3,(H,12,13,16). The summed E-state index contributed by atoms with van der Waals surface area (Å²) in [6, 6.07) is 0. The van der Waals surface area contributed by atoms with Crippen LogP contribution in [0, 0.1) is 0 Å². The van der Waals surface area contributed by atoms with Crippen LogP contribution in [0.5, 0.6) is 0 Å². The van der Waals surface area contributed by atoms with Crippen molar-refractivity contribution in [2.24, 2.45) is 0 Å². The van der Waals surface area contributed by atoms with Crippen LogP contribution in [0.1, 0.15) is 12.6 Å². The predicted molar refractivity (Wildman–Crippen MR) is 68.5 cm³/mol. The van der Waals surface area contributed by atoms with E-state index in [9.17, 15) is 4.79 Å². The number of nitrogens with one attached hydrogen (secondary N) is 1. The zero-order chi connectivity index (χ0) is 13.0. The quantitative estimate of drug-likeness (QED) is 0.823. The van der Waals surface area contributed by atoms with Crippen molar-refractivity contribution in [3.05, 3.63) is 11.1 Å². The normalized spacial score (nSPS) is 20.9. The SMILES string of the molecule is CC(=O)Nc1nc(CN2CCOC(CO)C2)cs1. The van der Waals surface area contributed by atoms with Crippen LogP contribution in [-0.2, 0) is 16.1 Å². The van der Waals surface area contributed by atoms with Gasteiger partial charge in [-0.1, -0.05) is 0 Å². The summed E-state index contributed by atoms with van der Waals surface area (Å²) in [4.78, 5) is 17.4. The zero-order valence-corrected chi connectivity index (χ0v) is 11.1. The molecule has 2 heterocycles. The molecule has 0 spiro atoms. The molecule has 18 heavy (non-hydrogen) atoms. The first-order valence-corrected chi connectivity index (χ1v) is 6.72. The lowest BCUT2D eigenvalue weighted by Crippen LogP contribution is -2.43. The Kier molecular flexibility index (Phi) is 4.65. The van der Waals surface area contributed by atoms with Crippen LogP contribution in [0.15, 0.2) is 5.38 Å². The number of aromatic nitrogens is 1. The van der Waals surface area contributed by atoms with Crippen LogP contribution < -0.4 is 5.32 Å². The van der Waals surface area contributed by atoms with E-state index in [0.717, 1.165) is 18.8 Å². The Hall–Kier alpha value is -1.02. The maximum Gasteiger partial charge on any atom is 0.223 e. The molecule has 7 heteroatoms. The van der Waals surface area contributed by atoms with Gasteiger partial charge in [-0.15, -0.1) is 11.3 Å². The highest BCUT2D eigenvalue weighted by Crippen LogP contribution is 2.17. The topological polar surface area (TPSA) is 74.7 Å². The number of hydrogen-bond donors (Lipinski definition) is 2. The second-order valence-corrected chi connectivity index (χ2v) is 5.09. The number of rotatable bonds is 4. The van der Waals surface area contributed by atoms with Crippen LogP contribution in [0.25, 0.3) is 0 Å². The number of carbonyl (C=O) groups is 1. The van der Waals surface area contributed by atoms with Crippen LogP contribution in [0.4, 0.5) is 5.13 Å². The molecular weight excluding hydrogens is 254 g/mol. The summed E-state index contributed by atoms with van der Waals surface area (Å²) < 4.78 is 5.39. The van der Waals surface area contributed by atoms with Gasteiger partial charge in [-0.3, -0.25) is 9.69 Å². The van der Waals surface area contributed by atoms with Crippen molar-refractivity contribution in [1.82, 2.24) is 9.88 Å². The molecule has 2 rings (SSSR count). The number of carbonyl (C=O) groups excluding carboxylic acids is 1. The zero-order valence-electron chi connectivity index (χ0n) is 10.3. The Labute approximate surface area is 110 Å². The van der Waals surface area contributed by atoms with Crippen molar-refractivity contribution >= 4 is 22.4 Å². The van der Waals surface area contributed by atoms with E-state index in [0.29, 0.717) is 18.3 Å². The fourth-order valence-electron chi connectivity index (χ4n) is 1.85. The molecule has 0 saturated carbocycles. The number of hydrogen-bond acceptors (Lipinski definition) is 6. The van der Waals surface area contributed by atoms with Gasteiger partial charge in [0.2, 0.25) is 5.91 Å². The lowest BCUT2D eigenvalue weighted by atomic mass is 10.2. The van der Waals surface area contributed by atoms with Gasteiger partial charge in [0.15, 0.2) is 5.13 Å². The maximum absolute atomic E-state index is 10.9. The average molecular weight is 271 g/mol. The van der Waals surface area contributed by atoms with Gasteiger partial charge >= 0.3 is 0 Å². The molecule has 1 aromatic rings. The van der Waals surface area contributed by atoms with Gasteiger partial charge in [0.05, 0.1) is 25.0 Å². The average Bonchev–Trinajstić information content (AvgIpc) is 2.76. The van der Waals surface area contributed by atoms with Gasteiger partial charge in [-0.2, -0.15) is 0 Å². The van der Waals surface area contributed by atoms with E-state index in [1.807, 2.05) is 5.38 Å². The molecule has 0 bridgehead atoms. The van der Waals surface area contributed by atoms with Crippen molar-refractivity contribution in [2.75, 3.05) is 31.6 Å². The van der Waals surface area contributed by atoms with Crippen LogP contribution in [0.3, 0.4) is 0 Å². The number of morpholine rings is 1. The third-order valence-electron chi connectivity index (χ3n) is 2.65. The van der Waals surface area contributed by atoms with Gasteiger partial charge in [0.1, 0.15) is 0 Å². The van der Waals surface area contributed by atoms with E-state index in [2.05, 4.69) is 15.2 Å². The number of anilines is 1. The highest BCUT2D eigenvalue weighted by molar-refractivity contribution is 7.13. The minimum absolute atomic E-state index is 0.0463. The lowest BCUT2D eigenvalue weighted by molar-refractivity contribution is -0.114. The van der Waals surface area contributed by atoms with E-state index in [4.69, 9.17) is 9.84 Å². The summed E-state index contributed by atoms with van der Waals surface area (Å²) >= 11 is 1.42. The Morgan fingerprint density at radius 2 is 2.61 bits per heavy atom. The summed E-state index contributed by atoms with van der Waals surface area (Å²) in [7, 11) is 0. The van der Waals surface area contributed by atoms with Gasteiger partial charge in [0.25, 0.3) is 0 Å². The summed E-state index contributed by atoms with van der Waals surface area (Å²) in [6.45, 7) is 4.41. The van der Waals surface area contributed by atoms with Crippen molar-refractivity contribution < 1.29 is 14.6 Å². The van der Waals surface area contributed by atoms with Crippen LogP contribution >= 0.6 is 11.3 Å². The molecule has 0 aliphatic carbocycles. The maximum atomic E-state index is 10.9. The Bertz CT molecular complexity index is 410. The molecule has 0 aromatic carbocycles. The molecular formula is C11H17N3O3S. The predicted octanol–water partition coefficient (Wildman–Crippen LogP) is 0.295. The highest BCUT2D eigenvalue weighted by atomic mass is 32.1. The molecule has 6 nitrogen and oxygen atoms in total. The minimum Gasteiger partial charge on any atom is -0.394 e. The van der Waals surface area contributed by atoms with E-state index < -0.39 is 0 Å². The smallest absolute Gasteiger partial charge is 0.223 e. The summed E-state index contributed by atoms with van der Waals surface area (Å²) in [6.07, 6.45) is -0.104. The second-order valence-electron chi connectivity index (χ2n) is 4.24. The monoisotopic (exact) mass is 271 g/mol. The van der Waals surface area contributed by atoms with Gasteiger partial charge in [-0.05, 0) is 0 Å². The fourth-order valence-corrected chi connectivity index (χ4v) is 2.60. The van der Waals surface area contributed by atoms with E-state index >= 15 is 0 Å². The summed E-state index contributed by atoms with van der Waals surface area (Å²) in [5.41, 5.74) is 0.933. The largest absolute Gasteiger partial charge is 0.394 e. The van der Waals surface area contributed by atoms with Crippen molar-refractivity contribution in [2.45, 2.75) is 19.6 Å². The number of aliphatic hydroxyl groups is 1. The Balaban J connectivity index is 1.88. The fraction of sp³-hybridized carbons (Fsp3) is 0.636. The molecule has 2 N–H and O–H groups in total. The van der Waals surface area contributed by atoms with Crippen LogP contribution in [-0.4, -0.2) is 53.3 Å². The first kappa shape index (κ1) is 13.4. The van der Waals surface area contributed by atoms with Crippen LogP contribution in [0.2, 0.25) is 0 Å². The molecule has 1 aromatic heterocycles. The van der Waals surface area contributed by atoms with Gasteiger partial charge < -0.3 is 15.2 Å². The lowest BCUT2D eigenvalue weighted by Gasteiger charge is -2.31. The molecule has 1 atom stereocenters. The number of thiazole rings is 1. The summed E-state index contributed by atoms with van der Waals surface area (Å²) in [5, 5.41) is 14.3. The summed E-state index contributed by atoms with van der Waals surface area (Å²) in [5.74, 6) is -0.109. The first-order valence-electron chi connectivity index (χ1n) is 5.84. The third kappa shape index (κ3) is 3.74. The van der Waals surface area contributed by atoms with Crippen molar-refractivity contribution in [3.63, 3.8) is 0 Å². The van der Waals surface area contributed by atoms with E-state index in [1.165, 1.54) is 18.3 Å². The highest BCUT2D eigenvalue weighted by Gasteiger charge is 2.20. The molecule has 1 aliphatic heterocycles. The number of aliphatic hydroxyl groups excluding tert-OH is 1. The number of amides is 1. The first-order chi connectivity index (χ1) is 8.67. The molecule has 0 radical (unpaired) electrons. The Morgan fingerprint density at radius 1 is 1.78 bits per heavy atom. The van der Waals surface area contributed by atoms with Crippen molar-refractivity contribution in [1.29, 1.82) is 0 Å². The molecule has 1 amide bonds. The minimum atomic E-state index is -0.109. The molecule has 1 aliphatic rings. The third-order valence-corrected chi connectivity index (χ3v) is 3.45. The van der Waals surface area contributed by atoms with E-state index in [1.54, 1.807) is 0 Å². The second kappa shape index (κ2) is 6.24. The molecule has 1 saturated heterocycles. The van der Waals surface area contributed by atoms with Gasteiger partial charge in [-0.25, -0.2) is 4.98 Å². The molecule has 1 unspecified atom stereocenters. The Morgan fingerprint density at radius 3 is 3.33 bits per heavy atom. The molecule has 1 fully saturated rings. The molecule has 100 valence electrons. The van der Waals surface area contributed by atoms with Gasteiger partial charge in [0, 0.05) is 31.9 Å². The van der Waals surface area contributed by atoms with E-state index in [-0.39, 0.29) is 18.6 Å².